The highest BCUT2D eigenvalue weighted by Crippen LogP contribution is 1.64. The summed E-state index contributed by atoms with van der Waals surface area (Å²) in [7, 11) is 0. The normalized spacial score (nSPS) is 9.22. The Hall–Kier alpha value is -0.780. The Morgan fingerprint density at radius 1 is 0.889 bits per heavy atom. The largest absolute Gasteiger partial charge is 0.0991 e. The molecule has 0 radical (unpaired) electrons. The summed E-state index contributed by atoms with van der Waals surface area (Å²) >= 11 is 0. The lowest BCUT2D eigenvalue weighted by Crippen LogP contribution is -1.33. The molecule has 0 bridgehead atoms. The third-order valence-electron chi connectivity index (χ3n) is 0.662. The van der Waals surface area contributed by atoms with Crippen LogP contribution in [0.25, 0.3) is 0 Å². The molecule has 0 N–H and O–H groups in total. The van der Waals surface area contributed by atoms with Gasteiger partial charge in [0.15, 0.2) is 0 Å². The number of allylic oxidation sites excluding steroid dienone is 5. The SMILES string of the molecule is C/C=C/C.C=C/C=C\C. The third-order valence-corrected chi connectivity index (χ3v) is 0.662. The minimum Gasteiger partial charge on any atom is -0.0991 e. The van der Waals surface area contributed by atoms with Gasteiger partial charge in [-0.2, -0.15) is 0 Å². The number of rotatable bonds is 1. The molecule has 0 aliphatic carbocycles. The van der Waals surface area contributed by atoms with Crippen LogP contribution in [0.4, 0.5) is 0 Å². The molecule has 0 heterocycles. The lowest BCUT2D eigenvalue weighted by atomic mass is 10.5. The Labute approximate surface area is 58.6 Å². The molecule has 0 heteroatoms. The van der Waals surface area contributed by atoms with Crippen molar-refractivity contribution in [2.75, 3.05) is 0 Å². The molecule has 0 aromatic carbocycles. The molecule has 0 atom stereocenters. The van der Waals surface area contributed by atoms with Crippen molar-refractivity contribution in [1.29, 1.82) is 0 Å². The quantitative estimate of drug-likeness (QED) is 0.371. The lowest BCUT2D eigenvalue weighted by molar-refractivity contribution is 1.64. The fraction of sp³-hybridized carbons (Fsp3) is 0.333. The summed E-state index contributed by atoms with van der Waals surface area (Å²) in [5.74, 6) is 0. The minimum atomic E-state index is 1.75. The van der Waals surface area contributed by atoms with Gasteiger partial charge < -0.3 is 0 Å². The molecule has 0 fully saturated rings. The highest BCUT2D eigenvalue weighted by molar-refractivity contribution is 4.94. The van der Waals surface area contributed by atoms with Crippen molar-refractivity contribution in [2.24, 2.45) is 0 Å². The average molecular weight is 124 g/mol. The topological polar surface area (TPSA) is 0 Å². The van der Waals surface area contributed by atoms with Gasteiger partial charge in [0.05, 0.1) is 0 Å². The summed E-state index contributed by atoms with van der Waals surface area (Å²) in [5.41, 5.74) is 0. The zero-order chi connectivity index (χ0) is 7.54. The average Bonchev–Trinajstić information content (AvgIpc) is 1.91. The maximum Gasteiger partial charge on any atom is -0.0467 e. The van der Waals surface area contributed by atoms with Crippen LogP contribution in [0.15, 0.2) is 37.0 Å². The standard InChI is InChI=1S/C5H8.C4H8/c1-3-5-4-2;1-3-4-2/h3-5H,1H2,2H3;3-4H,1-2H3/b5-4-;4-3+. The van der Waals surface area contributed by atoms with E-state index in [1.54, 1.807) is 6.08 Å². The van der Waals surface area contributed by atoms with E-state index in [9.17, 15) is 0 Å². The summed E-state index contributed by atoms with van der Waals surface area (Å²) in [6.07, 6.45) is 9.58. The highest BCUT2D eigenvalue weighted by atomic mass is 13.5. The molecule has 52 valence electrons. The van der Waals surface area contributed by atoms with Crippen molar-refractivity contribution >= 4 is 0 Å². The van der Waals surface area contributed by atoms with Gasteiger partial charge in [-0.05, 0) is 20.8 Å². The van der Waals surface area contributed by atoms with Gasteiger partial charge in [0.2, 0.25) is 0 Å². The van der Waals surface area contributed by atoms with E-state index < -0.39 is 0 Å². The van der Waals surface area contributed by atoms with E-state index in [1.807, 2.05) is 45.1 Å². The van der Waals surface area contributed by atoms with Crippen LogP contribution in [0.2, 0.25) is 0 Å². The van der Waals surface area contributed by atoms with Crippen LogP contribution in [-0.4, -0.2) is 0 Å². The van der Waals surface area contributed by atoms with E-state index in [1.165, 1.54) is 0 Å². The van der Waals surface area contributed by atoms with E-state index in [2.05, 4.69) is 6.58 Å². The second-order valence-electron chi connectivity index (χ2n) is 1.43. The molecule has 0 aliphatic rings. The van der Waals surface area contributed by atoms with Crippen LogP contribution < -0.4 is 0 Å². The molecule has 0 saturated carbocycles. The van der Waals surface area contributed by atoms with Crippen LogP contribution >= 0.6 is 0 Å². The van der Waals surface area contributed by atoms with Gasteiger partial charge in [0.25, 0.3) is 0 Å². The van der Waals surface area contributed by atoms with Gasteiger partial charge >= 0.3 is 0 Å². The molecule has 0 amide bonds. The summed E-state index contributed by atoms with van der Waals surface area (Å²) in [5, 5.41) is 0. The molecular formula is C9H16. The monoisotopic (exact) mass is 124 g/mol. The van der Waals surface area contributed by atoms with Crippen molar-refractivity contribution < 1.29 is 0 Å². The second kappa shape index (κ2) is 15.7. The first-order valence-electron chi connectivity index (χ1n) is 3.14. The Kier molecular flexibility index (Phi) is 19.3. The summed E-state index contributed by atoms with van der Waals surface area (Å²) in [4.78, 5) is 0. The van der Waals surface area contributed by atoms with Crippen molar-refractivity contribution in [2.45, 2.75) is 20.8 Å². The lowest BCUT2D eigenvalue weighted by Gasteiger charge is -1.56. The minimum absolute atomic E-state index is 1.75. The van der Waals surface area contributed by atoms with E-state index in [0.29, 0.717) is 0 Å². The van der Waals surface area contributed by atoms with E-state index in [4.69, 9.17) is 0 Å². The van der Waals surface area contributed by atoms with Crippen molar-refractivity contribution in [3.05, 3.63) is 37.0 Å². The maximum absolute atomic E-state index is 3.46. The zero-order valence-electron chi connectivity index (χ0n) is 6.59. The summed E-state index contributed by atoms with van der Waals surface area (Å²) in [6.45, 7) is 9.42. The summed E-state index contributed by atoms with van der Waals surface area (Å²) in [6, 6.07) is 0. The molecule has 0 saturated heterocycles. The Bertz CT molecular complexity index is 82.2. The molecule has 9 heavy (non-hydrogen) atoms. The first-order valence-corrected chi connectivity index (χ1v) is 3.14. The van der Waals surface area contributed by atoms with Crippen LogP contribution in [-0.2, 0) is 0 Å². The van der Waals surface area contributed by atoms with Crippen LogP contribution in [0, 0.1) is 0 Å². The van der Waals surface area contributed by atoms with Gasteiger partial charge in [0.1, 0.15) is 0 Å². The molecule has 0 nitrogen and oxygen atoms in total. The van der Waals surface area contributed by atoms with E-state index in [-0.39, 0.29) is 0 Å². The van der Waals surface area contributed by atoms with Crippen molar-refractivity contribution in [3.8, 4) is 0 Å². The van der Waals surface area contributed by atoms with Crippen LogP contribution in [0.3, 0.4) is 0 Å². The third kappa shape index (κ3) is 39.9. The molecule has 0 unspecified atom stereocenters. The molecule has 0 rings (SSSR count). The second-order valence-corrected chi connectivity index (χ2v) is 1.43. The molecular weight excluding hydrogens is 108 g/mol. The van der Waals surface area contributed by atoms with Gasteiger partial charge in [0, 0.05) is 0 Å². The van der Waals surface area contributed by atoms with Gasteiger partial charge in [-0.25, -0.2) is 0 Å². The van der Waals surface area contributed by atoms with Gasteiger partial charge in [-0.15, -0.1) is 0 Å². The van der Waals surface area contributed by atoms with Crippen molar-refractivity contribution in [1.82, 2.24) is 0 Å². The Balaban J connectivity index is 0. The summed E-state index contributed by atoms with van der Waals surface area (Å²) < 4.78 is 0. The van der Waals surface area contributed by atoms with Gasteiger partial charge in [-0.1, -0.05) is 37.0 Å². The van der Waals surface area contributed by atoms with E-state index >= 15 is 0 Å². The Morgan fingerprint density at radius 3 is 1.33 bits per heavy atom. The van der Waals surface area contributed by atoms with Crippen molar-refractivity contribution in [3.63, 3.8) is 0 Å². The molecule has 0 aromatic rings. The highest BCUT2D eigenvalue weighted by Gasteiger charge is 1.42. The van der Waals surface area contributed by atoms with Gasteiger partial charge in [-0.3, -0.25) is 0 Å². The van der Waals surface area contributed by atoms with Crippen LogP contribution in [0.1, 0.15) is 20.8 Å². The van der Waals surface area contributed by atoms with Crippen LogP contribution in [0.5, 0.6) is 0 Å². The van der Waals surface area contributed by atoms with E-state index in [0.717, 1.165) is 0 Å². The number of hydrogen-bond donors (Lipinski definition) is 0. The predicted octanol–water partition coefficient (Wildman–Crippen LogP) is 3.33. The first-order chi connectivity index (χ1) is 4.33. The fourth-order valence-corrected chi connectivity index (χ4v) is 0.136. The predicted molar refractivity (Wildman–Crippen MR) is 45.5 cm³/mol. The zero-order valence-corrected chi connectivity index (χ0v) is 6.59. The molecule has 0 spiro atoms. The molecule has 0 aromatic heterocycles. The molecule has 0 aliphatic heterocycles. The number of hydrogen-bond acceptors (Lipinski definition) is 0. The maximum atomic E-state index is 3.46. The fourth-order valence-electron chi connectivity index (χ4n) is 0.136. The Morgan fingerprint density at radius 2 is 1.33 bits per heavy atom. The smallest absolute Gasteiger partial charge is 0.0467 e. The first kappa shape index (κ1) is 11.1.